The molecule has 1 aromatic carbocycles. The van der Waals surface area contributed by atoms with Crippen molar-refractivity contribution in [2.75, 3.05) is 46.3 Å². The quantitative estimate of drug-likeness (QED) is 0.619. The molecular weight excluding hydrogens is 256 g/mol. The molecule has 0 saturated carbocycles. The van der Waals surface area contributed by atoms with E-state index in [0.717, 1.165) is 51.4 Å². The molecule has 1 saturated heterocycles. The minimum atomic E-state index is -0.363. The molecule has 6 nitrogen and oxygen atoms in total. The second kappa shape index (κ2) is 7.33. The van der Waals surface area contributed by atoms with Crippen molar-refractivity contribution in [3.8, 4) is 0 Å². The lowest BCUT2D eigenvalue weighted by atomic mass is 10.2. The number of hydrogen-bond acceptors (Lipinski definition) is 5. The highest BCUT2D eigenvalue weighted by molar-refractivity contribution is 5.32. The standard InChI is InChI=1S/C14H22N4O2/c1-16(10-11-17-8-6-15-7-9-17)12-13-2-4-14(5-3-13)18(19)20/h2-5,15H,6-12H2,1H3. The van der Waals surface area contributed by atoms with E-state index in [4.69, 9.17) is 0 Å². The average Bonchev–Trinajstić information content (AvgIpc) is 2.47. The predicted octanol–water partition coefficient (Wildman–Crippen LogP) is 0.932. The summed E-state index contributed by atoms with van der Waals surface area (Å²) in [6, 6.07) is 6.80. The van der Waals surface area contributed by atoms with Gasteiger partial charge in [0, 0.05) is 57.9 Å². The molecule has 0 aliphatic carbocycles. The Morgan fingerprint density at radius 2 is 1.95 bits per heavy atom. The summed E-state index contributed by atoms with van der Waals surface area (Å²) in [7, 11) is 2.09. The molecule has 1 fully saturated rings. The SMILES string of the molecule is CN(CCN1CCNCC1)Cc1ccc([N+](=O)[O-])cc1. The molecule has 0 unspecified atom stereocenters. The summed E-state index contributed by atoms with van der Waals surface area (Å²) in [5.74, 6) is 0. The van der Waals surface area contributed by atoms with Crippen molar-refractivity contribution < 1.29 is 4.92 Å². The molecule has 1 aliphatic rings. The first-order valence-corrected chi connectivity index (χ1v) is 7.00. The van der Waals surface area contributed by atoms with Gasteiger partial charge >= 0.3 is 0 Å². The van der Waals surface area contributed by atoms with Crippen LogP contribution >= 0.6 is 0 Å². The van der Waals surface area contributed by atoms with Crippen LogP contribution in [0, 0.1) is 10.1 Å². The van der Waals surface area contributed by atoms with Gasteiger partial charge in [0.15, 0.2) is 0 Å². The van der Waals surface area contributed by atoms with Crippen LogP contribution < -0.4 is 5.32 Å². The van der Waals surface area contributed by atoms with E-state index in [1.54, 1.807) is 12.1 Å². The maximum atomic E-state index is 10.6. The number of piperazine rings is 1. The van der Waals surface area contributed by atoms with E-state index in [1.165, 1.54) is 0 Å². The maximum Gasteiger partial charge on any atom is 0.269 e. The molecule has 20 heavy (non-hydrogen) atoms. The Morgan fingerprint density at radius 3 is 2.55 bits per heavy atom. The summed E-state index contributed by atoms with van der Waals surface area (Å²) in [5.41, 5.74) is 1.26. The second-order valence-corrected chi connectivity index (χ2v) is 5.25. The summed E-state index contributed by atoms with van der Waals surface area (Å²) in [6.45, 7) is 7.29. The number of nitrogens with one attached hydrogen (secondary N) is 1. The predicted molar refractivity (Wildman–Crippen MR) is 78.7 cm³/mol. The third-order valence-electron chi connectivity index (χ3n) is 3.61. The Labute approximate surface area is 119 Å². The average molecular weight is 278 g/mol. The molecule has 1 aromatic rings. The molecule has 1 aliphatic heterocycles. The lowest BCUT2D eigenvalue weighted by Gasteiger charge is -2.29. The molecule has 0 spiro atoms. The van der Waals surface area contributed by atoms with Crippen LogP contribution in [0.4, 0.5) is 5.69 Å². The molecule has 0 amide bonds. The van der Waals surface area contributed by atoms with Gasteiger partial charge in [-0.2, -0.15) is 0 Å². The molecule has 1 N–H and O–H groups in total. The molecule has 6 heteroatoms. The third kappa shape index (κ3) is 4.56. The van der Waals surface area contributed by atoms with Crippen molar-refractivity contribution in [1.82, 2.24) is 15.1 Å². The van der Waals surface area contributed by atoms with Crippen molar-refractivity contribution in [1.29, 1.82) is 0 Å². The van der Waals surface area contributed by atoms with Gasteiger partial charge in [-0.3, -0.25) is 15.0 Å². The smallest absolute Gasteiger partial charge is 0.269 e. The normalized spacial score (nSPS) is 16.5. The summed E-state index contributed by atoms with van der Waals surface area (Å²) < 4.78 is 0. The third-order valence-corrected chi connectivity index (χ3v) is 3.61. The minimum absolute atomic E-state index is 0.150. The lowest BCUT2D eigenvalue weighted by molar-refractivity contribution is -0.384. The molecular formula is C14H22N4O2. The number of likely N-dealkylation sites (N-methyl/N-ethyl adjacent to an activating group) is 1. The highest BCUT2D eigenvalue weighted by Crippen LogP contribution is 2.12. The van der Waals surface area contributed by atoms with Gasteiger partial charge in [-0.05, 0) is 12.6 Å². The first kappa shape index (κ1) is 14.9. The van der Waals surface area contributed by atoms with Crippen LogP contribution in [0.25, 0.3) is 0 Å². The fraction of sp³-hybridized carbons (Fsp3) is 0.571. The Hall–Kier alpha value is -1.50. The van der Waals surface area contributed by atoms with Gasteiger partial charge in [0.05, 0.1) is 4.92 Å². The largest absolute Gasteiger partial charge is 0.314 e. The zero-order valence-electron chi connectivity index (χ0n) is 11.9. The summed E-state index contributed by atoms with van der Waals surface area (Å²) in [5, 5.41) is 13.9. The van der Waals surface area contributed by atoms with E-state index in [9.17, 15) is 10.1 Å². The first-order chi connectivity index (χ1) is 9.65. The van der Waals surface area contributed by atoms with Crippen molar-refractivity contribution in [3.63, 3.8) is 0 Å². The monoisotopic (exact) mass is 278 g/mol. The van der Waals surface area contributed by atoms with Gasteiger partial charge in [-0.1, -0.05) is 12.1 Å². The molecule has 2 rings (SSSR count). The molecule has 0 aromatic heterocycles. The highest BCUT2D eigenvalue weighted by Gasteiger charge is 2.10. The van der Waals surface area contributed by atoms with Gasteiger partial charge in [0.25, 0.3) is 5.69 Å². The van der Waals surface area contributed by atoms with Gasteiger partial charge < -0.3 is 10.2 Å². The Morgan fingerprint density at radius 1 is 1.30 bits per heavy atom. The van der Waals surface area contributed by atoms with Crippen molar-refractivity contribution >= 4 is 5.69 Å². The second-order valence-electron chi connectivity index (χ2n) is 5.25. The van der Waals surface area contributed by atoms with E-state index in [2.05, 4.69) is 22.2 Å². The van der Waals surface area contributed by atoms with Crippen molar-refractivity contribution in [3.05, 3.63) is 39.9 Å². The fourth-order valence-corrected chi connectivity index (χ4v) is 2.36. The lowest BCUT2D eigenvalue weighted by Crippen LogP contribution is -2.45. The van der Waals surface area contributed by atoms with Gasteiger partial charge in [0.1, 0.15) is 0 Å². The molecule has 0 bridgehead atoms. The number of rotatable bonds is 6. The summed E-state index contributed by atoms with van der Waals surface area (Å²) in [6.07, 6.45) is 0. The number of nitro groups is 1. The maximum absolute atomic E-state index is 10.6. The van der Waals surface area contributed by atoms with E-state index in [1.807, 2.05) is 12.1 Å². The van der Waals surface area contributed by atoms with Crippen molar-refractivity contribution in [2.45, 2.75) is 6.54 Å². The molecule has 0 radical (unpaired) electrons. The first-order valence-electron chi connectivity index (χ1n) is 7.00. The zero-order chi connectivity index (χ0) is 14.4. The van der Waals surface area contributed by atoms with E-state index in [-0.39, 0.29) is 10.6 Å². The van der Waals surface area contributed by atoms with Crippen LogP contribution in [0.3, 0.4) is 0 Å². The van der Waals surface area contributed by atoms with Gasteiger partial charge in [-0.25, -0.2) is 0 Å². The van der Waals surface area contributed by atoms with E-state index < -0.39 is 0 Å². The Kier molecular flexibility index (Phi) is 5.46. The van der Waals surface area contributed by atoms with E-state index in [0.29, 0.717) is 0 Å². The van der Waals surface area contributed by atoms with E-state index >= 15 is 0 Å². The number of non-ortho nitro benzene ring substituents is 1. The Bertz CT molecular complexity index is 429. The molecule has 1 heterocycles. The van der Waals surface area contributed by atoms with Crippen molar-refractivity contribution in [2.24, 2.45) is 0 Å². The van der Waals surface area contributed by atoms with Crippen LogP contribution in [0.15, 0.2) is 24.3 Å². The topological polar surface area (TPSA) is 61.6 Å². The number of hydrogen-bond donors (Lipinski definition) is 1. The number of nitro benzene ring substituents is 1. The van der Waals surface area contributed by atoms with Crippen LogP contribution in [0.1, 0.15) is 5.56 Å². The number of benzene rings is 1. The highest BCUT2D eigenvalue weighted by atomic mass is 16.6. The molecule has 0 atom stereocenters. The Balaban J connectivity index is 1.75. The van der Waals surface area contributed by atoms with Crippen LogP contribution in [0.2, 0.25) is 0 Å². The van der Waals surface area contributed by atoms with Crippen LogP contribution in [-0.2, 0) is 6.54 Å². The number of nitrogens with zero attached hydrogens (tertiary/aromatic N) is 3. The van der Waals surface area contributed by atoms with Gasteiger partial charge in [0.2, 0.25) is 0 Å². The van der Waals surface area contributed by atoms with Crippen LogP contribution in [-0.4, -0.2) is 61.0 Å². The minimum Gasteiger partial charge on any atom is -0.314 e. The molecule has 110 valence electrons. The zero-order valence-corrected chi connectivity index (χ0v) is 11.9. The fourth-order valence-electron chi connectivity index (χ4n) is 2.36. The summed E-state index contributed by atoms with van der Waals surface area (Å²) in [4.78, 5) is 14.9. The van der Waals surface area contributed by atoms with Crippen LogP contribution in [0.5, 0.6) is 0 Å². The van der Waals surface area contributed by atoms with Gasteiger partial charge in [-0.15, -0.1) is 0 Å². The summed E-state index contributed by atoms with van der Waals surface area (Å²) >= 11 is 0.